The van der Waals surface area contributed by atoms with Crippen molar-refractivity contribution >= 4 is 0 Å². The fourth-order valence-corrected chi connectivity index (χ4v) is 0.600. The van der Waals surface area contributed by atoms with Crippen molar-refractivity contribution in [3.63, 3.8) is 0 Å². The Bertz CT molecular complexity index is 89.3. The number of ether oxygens (including phenoxy) is 1. The molecule has 0 amide bonds. The number of rotatable bonds is 4. The van der Waals surface area contributed by atoms with E-state index < -0.39 is 5.79 Å². The lowest BCUT2D eigenvalue weighted by Crippen LogP contribution is -2.31. The van der Waals surface area contributed by atoms with Gasteiger partial charge in [0.05, 0.1) is 6.10 Å². The van der Waals surface area contributed by atoms with Crippen molar-refractivity contribution in [1.82, 2.24) is 0 Å². The maximum Gasteiger partial charge on any atom is 0.162 e. The fraction of sp³-hybridized carbons (Fsp3) is 1.00. The van der Waals surface area contributed by atoms with Gasteiger partial charge in [-0.3, -0.25) is 0 Å². The SMILES string of the molecule is CCC(C)OC(C)(O)CC. The Morgan fingerprint density at radius 1 is 1.50 bits per heavy atom. The van der Waals surface area contributed by atoms with Gasteiger partial charge in [0, 0.05) is 0 Å². The molecule has 1 N–H and O–H groups in total. The summed E-state index contributed by atoms with van der Waals surface area (Å²) in [5.74, 6) is -0.935. The van der Waals surface area contributed by atoms with E-state index in [4.69, 9.17) is 4.74 Å². The number of hydrogen-bond donors (Lipinski definition) is 1. The Morgan fingerprint density at radius 2 is 2.00 bits per heavy atom. The van der Waals surface area contributed by atoms with Crippen LogP contribution in [0.25, 0.3) is 0 Å². The molecule has 0 saturated heterocycles. The van der Waals surface area contributed by atoms with Crippen LogP contribution in [-0.2, 0) is 4.74 Å². The predicted octanol–water partition coefficient (Wildman–Crippen LogP) is 1.92. The van der Waals surface area contributed by atoms with Crippen LogP contribution in [0.3, 0.4) is 0 Å². The molecular weight excluding hydrogens is 128 g/mol. The highest BCUT2D eigenvalue weighted by molar-refractivity contribution is 4.58. The highest BCUT2D eigenvalue weighted by Crippen LogP contribution is 2.14. The van der Waals surface area contributed by atoms with E-state index in [2.05, 4.69) is 0 Å². The Kier molecular flexibility index (Phi) is 3.91. The quantitative estimate of drug-likeness (QED) is 0.614. The van der Waals surface area contributed by atoms with Gasteiger partial charge in [0.15, 0.2) is 5.79 Å². The smallest absolute Gasteiger partial charge is 0.162 e. The summed E-state index contributed by atoms with van der Waals surface area (Å²) in [6, 6.07) is 0. The summed E-state index contributed by atoms with van der Waals surface area (Å²) < 4.78 is 5.29. The Labute approximate surface area is 63.2 Å². The summed E-state index contributed by atoms with van der Waals surface area (Å²) in [7, 11) is 0. The third-order valence-corrected chi connectivity index (χ3v) is 1.69. The molecular formula is C8H18O2. The van der Waals surface area contributed by atoms with Gasteiger partial charge in [-0.15, -0.1) is 0 Å². The van der Waals surface area contributed by atoms with Crippen molar-refractivity contribution in [3.8, 4) is 0 Å². The lowest BCUT2D eigenvalue weighted by atomic mass is 10.2. The van der Waals surface area contributed by atoms with Crippen molar-refractivity contribution in [3.05, 3.63) is 0 Å². The lowest BCUT2D eigenvalue weighted by molar-refractivity contribution is -0.215. The minimum absolute atomic E-state index is 0.148. The van der Waals surface area contributed by atoms with Gasteiger partial charge in [-0.05, 0) is 26.7 Å². The van der Waals surface area contributed by atoms with E-state index in [0.717, 1.165) is 6.42 Å². The number of hydrogen-bond acceptors (Lipinski definition) is 2. The maximum atomic E-state index is 9.40. The molecule has 0 spiro atoms. The van der Waals surface area contributed by atoms with E-state index in [1.165, 1.54) is 0 Å². The van der Waals surface area contributed by atoms with Gasteiger partial charge < -0.3 is 9.84 Å². The topological polar surface area (TPSA) is 29.5 Å². The molecule has 2 nitrogen and oxygen atoms in total. The van der Waals surface area contributed by atoms with E-state index in [0.29, 0.717) is 6.42 Å². The second-order valence-electron chi connectivity index (χ2n) is 2.87. The molecule has 2 unspecified atom stereocenters. The summed E-state index contributed by atoms with van der Waals surface area (Å²) in [6.45, 7) is 7.60. The van der Waals surface area contributed by atoms with Gasteiger partial charge in [0.1, 0.15) is 0 Å². The van der Waals surface area contributed by atoms with Crippen LogP contribution in [0.4, 0.5) is 0 Å². The molecule has 0 aliphatic rings. The summed E-state index contributed by atoms with van der Waals surface area (Å²) in [4.78, 5) is 0. The molecule has 2 atom stereocenters. The molecule has 2 heteroatoms. The molecule has 0 aromatic heterocycles. The molecule has 0 aliphatic carbocycles. The van der Waals surface area contributed by atoms with E-state index in [-0.39, 0.29) is 6.10 Å². The zero-order chi connectivity index (χ0) is 8.20. The Balaban J connectivity index is 3.64. The van der Waals surface area contributed by atoms with E-state index in [9.17, 15) is 5.11 Å². The van der Waals surface area contributed by atoms with Gasteiger partial charge in [-0.1, -0.05) is 13.8 Å². The predicted molar refractivity (Wildman–Crippen MR) is 41.8 cm³/mol. The standard InChI is InChI=1S/C8H18O2/c1-5-7(3)10-8(4,9)6-2/h7,9H,5-6H2,1-4H3. The van der Waals surface area contributed by atoms with Crippen LogP contribution in [0.15, 0.2) is 0 Å². The molecule has 0 radical (unpaired) electrons. The molecule has 0 bridgehead atoms. The summed E-state index contributed by atoms with van der Waals surface area (Å²) in [5, 5.41) is 9.40. The first-order valence-corrected chi connectivity index (χ1v) is 3.92. The molecule has 0 aromatic rings. The van der Waals surface area contributed by atoms with Gasteiger partial charge in [0.2, 0.25) is 0 Å². The van der Waals surface area contributed by atoms with Crippen molar-refractivity contribution in [2.75, 3.05) is 0 Å². The van der Waals surface area contributed by atoms with E-state index in [1.54, 1.807) is 6.92 Å². The van der Waals surface area contributed by atoms with Crippen LogP contribution in [0.1, 0.15) is 40.5 Å². The molecule has 10 heavy (non-hydrogen) atoms. The largest absolute Gasteiger partial charge is 0.366 e. The molecule has 0 fully saturated rings. The first-order valence-electron chi connectivity index (χ1n) is 3.92. The van der Waals surface area contributed by atoms with Crippen molar-refractivity contribution < 1.29 is 9.84 Å². The average molecular weight is 146 g/mol. The zero-order valence-electron chi connectivity index (χ0n) is 7.35. The first kappa shape index (κ1) is 9.92. The van der Waals surface area contributed by atoms with E-state index >= 15 is 0 Å². The molecule has 62 valence electrons. The molecule has 0 rings (SSSR count). The third kappa shape index (κ3) is 3.85. The van der Waals surface area contributed by atoms with Crippen LogP contribution < -0.4 is 0 Å². The highest BCUT2D eigenvalue weighted by atomic mass is 16.6. The monoisotopic (exact) mass is 146 g/mol. The average Bonchev–Trinajstić information content (AvgIpc) is 1.87. The van der Waals surface area contributed by atoms with Gasteiger partial charge in [-0.25, -0.2) is 0 Å². The minimum Gasteiger partial charge on any atom is -0.366 e. The second-order valence-corrected chi connectivity index (χ2v) is 2.87. The summed E-state index contributed by atoms with van der Waals surface area (Å²) >= 11 is 0. The minimum atomic E-state index is -0.935. The molecule has 0 saturated carbocycles. The number of aliphatic hydroxyl groups is 1. The van der Waals surface area contributed by atoms with E-state index in [1.807, 2.05) is 20.8 Å². The van der Waals surface area contributed by atoms with Crippen molar-refractivity contribution in [1.29, 1.82) is 0 Å². The fourth-order valence-electron chi connectivity index (χ4n) is 0.600. The normalized spacial score (nSPS) is 20.1. The van der Waals surface area contributed by atoms with Crippen LogP contribution in [-0.4, -0.2) is 17.0 Å². The second kappa shape index (κ2) is 3.94. The van der Waals surface area contributed by atoms with Crippen LogP contribution in [0, 0.1) is 0 Å². The van der Waals surface area contributed by atoms with Crippen molar-refractivity contribution in [2.24, 2.45) is 0 Å². The van der Waals surface area contributed by atoms with Crippen molar-refractivity contribution in [2.45, 2.75) is 52.4 Å². The van der Waals surface area contributed by atoms with Gasteiger partial charge >= 0.3 is 0 Å². The summed E-state index contributed by atoms with van der Waals surface area (Å²) in [5.41, 5.74) is 0. The van der Waals surface area contributed by atoms with Crippen LogP contribution >= 0.6 is 0 Å². The summed E-state index contributed by atoms with van der Waals surface area (Å²) in [6.07, 6.45) is 1.72. The van der Waals surface area contributed by atoms with Gasteiger partial charge in [0.25, 0.3) is 0 Å². The Morgan fingerprint density at radius 3 is 2.30 bits per heavy atom. The highest BCUT2D eigenvalue weighted by Gasteiger charge is 2.19. The Hall–Kier alpha value is -0.0800. The molecule has 0 aliphatic heterocycles. The first-order chi connectivity index (χ1) is 4.52. The lowest BCUT2D eigenvalue weighted by Gasteiger charge is -2.25. The zero-order valence-corrected chi connectivity index (χ0v) is 7.35. The van der Waals surface area contributed by atoms with Gasteiger partial charge in [-0.2, -0.15) is 0 Å². The van der Waals surface area contributed by atoms with Crippen LogP contribution in [0.5, 0.6) is 0 Å². The molecule has 0 heterocycles. The third-order valence-electron chi connectivity index (χ3n) is 1.69. The van der Waals surface area contributed by atoms with Crippen LogP contribution in [0.2, 0.25) is 0 Å². The molecule has 0 aromatic carbocycles. The maximum absolute atomic E-state index is 9.40.